The smallest absolute Gasteiger partial charge is 0.239 e. The Bertz CT molecular complexity index is 813. The molecule has 1 unspecified atom stereocenters. The second-order valence-corrected chi connectivity index (χ2v) is 10.8. The first-order valence-corrected chi connectivity index (χ1v) is 11.5. The van der Waals surface area contributed by atoms with E-state index in [0.717, 1.165) is 45.7 Å². The van der Waals surface area contributed by atoms with Gasteiger partial charge in [0.25, 0.3) is 0 Å². The molecule has 0 aliphatic carbocycles. The van der Waals surface area contributed by atoms with Gasteiger partial charge in [-0.05, 0) is 39.8 Å². The standard InChI is InChI=1S/C20H28N4OS2/c1-15-24(19(25)20(2,3)27-15)8-4-7-22-9-11-23(12-10-22)17-14-26-18-13-21-6-5-16(17)18/h5-6,13-15H,4,7-12H2,1-3H3. The number of hydrogen-bond acceptors (Lipinski definition) is 6. The summed E-state index contributed by atoms with van der Waals surface area (Å²) in [5, 5.41) is 3.89. The Labute approximate surface area is 169 Å². The quantitative estimate of drug-likeness (QED) is 0.763. The summed E-state index contributed by atoms with van der Waals surface area (Å²) in [6, 6.07) is 2.13. The largest absolute Gasteiger partial charge is 0.368 e. The first kappa shape index (κ1) is 19.0. The van der Waals surface area contributed by atoms with Crippen LogP contribution < -0.4 is 4.90 Å². The number of carbonyl (C=O) groups excluding carboxylic acids is 1. The lowest BCUT2D eigenvalue weighted by atomic mass is 10.1. The van der Waals surface area contributed by atoms with Crippen LogP contribution in [0.2, 0.25) is 0 Å². The third-order valence-corrected chi connectivity index (χ3v) is 7.90. The molecular weight excluding hydrogens is 376 g/mol. The van der Waals surface area contributed by atoms with Crippen LogP contribution in [-0.4, -0.2) is 70.1 Å². The number of thiophene rings is 1. The van der Waals surface area contributed by atoms with Gasteiger partial charge in [0.15, 0.2) is 0 Å². The fourth-order valence-corrected chi connectivity index (χ4v) is 6.46. The first-order valence-electron chi connectivity index (χ1n) is 9.73. The summed E-state index contributed by atoms with van der Waals surface area (Å²) in [4.78, 5) is 23.8. The van der Waals surface area contributed by atoms with E-state index in [1.165, 1.54) is 15.8 Å². The van der Waals surface area contributed by atoms with Crippen LogP contribution in [0, 0.1) is 0 Å². The molecule has 4 heterocycles. The number of thioether (sulfide) groups is 1. The lowest BCUT2D eigenvalue weighted by Gasteiger charge is -2.36. The number of fused-ring (bicyclic) bond motifs is 1. The van der Waals surface area contributed by atoms with Gasteiger partial charge in [0.2, 0.25) is 5.91 Å². The zero-order valence-corrected chi connectivity index (χ0v) is 18.0. The molecule has 1 amide bonds. The van der Waals surface area contributed by atoms with Crippen molar-refractivity contribution in [1.29, 1.82) is 0 Å². The average Bonchev–Trinajstić information content (AvgIpc) is 3.16. The van der Waals surface area contributed by atoms with Crippen LogP contribution in [0.1, 0.15) is 27.2 Å². The molecule has 4 rings (SSSR count). The van der Waals surface area contributed by atoms with Crippen molar-refractivity contribution >= 4 is 44.8 Å². The SMILES string of the molecule is CC1SC(C)(C)C(=O)N1CCCN1CCN(c2csc3cnccc23)CC1. The molecular formula is C20H28N4OS2. The Morgan fingerprint density at radius 1 is 1.22 bits per heavy atom. The lowest BCUT2D eigenvalue weighted by molar-refractivity contribution is -0.132. The van der Waals surface area contributed by atoms with E-state index >= 15 is 0 Å². The number of carbonyl (C=O) groups is 1. The van der Waals surface area contributed by atoms with Gasteiger partial charge in [-0.1, -0.05) is 0 Å². The van der Waals surface area contributed by atoms with Crippen LogP contribution in [0.5, 0.6) is 0 Å². The van der Waals surface area contributed by atoms with E-state index in [1.54, 1.807) is 23.1 Å². The van der Waals surface area contributed by atoms with Crippen LogP contribution in [0.3, 0.4) is 0 Å². The van der Waals surface area contributed by atoms with Crippen molar-refractivity contribution in [3.05, 3.63) is 23.8 Å². The molecule has 7 heteroatoms. The number of piperazine rings is 1. The van der Waals surface area contributed by atoms with Crippen molar-refractivity contribution in [2.45, 2.75) is 37.3 Å². The normalized spacial score (nSPS) is 23.5. The number of anilines is 1. The molecule has 0 N–H and O–H groups in total. The Balaban J connectivity index is 1.26. The van der Waals surface area contributed by atoms with Gasteiger partial charge in [0.1, 0.15) is 0 Å². The highest BCUT2D eigenvalue weighted by Crippen LogP contribution is 2.40. The molecule has 0 saturated carbocycles. The maximum atomic E-state index is 12.5. The number of nitrogens with zero attached hydrogens (tertiary/aromatic N) is 4. The summed E-state index contributed by atoms with van der Waals surface area (Å²) in [6.45, 7) is 12.5. The maximum Gasteiger partial charge on any atom is 0.239 e. The molecule has 0 bridgehead atoms. The molecule has 5 nitrogen and oxygen atoms in total. The minimum atomic E-state index is -0.260. The molecule has 2 aliphatic rings. The van der Waals surface area contributed by atoms with E-state index in [-0.39, 0.29) is 4.75 Å². The molecule has 0 radical (unpaired) electrons. The summed E-state index contributed by atoms with van der Waals surface area (Å²) in [6.07, 6.45) is 4.90. The molecule has 2 aromatic heterocycles. The van der Waals surface area contributed by atoms with Crippen molar-refractivity contribution < 1.29 is 4.79 Å². The Hall–Kier alpha value is -1.31. The second-order valence-electron chi connectivity index (χ2n) is 7.90. The van der Waals surface area contributed by atoms with Crippen LogP contribution in [0.15, 0.2) is 23.8 Å². The number of hydrogen-bond donors (Lipinski definition) is 0. The molecule has 146 valence electrons. The third-order valence-electron chi connectivity index (χ3n) is 5.62. The predicted octanol–water partition coefficient (Wildman–Crippen LogP) is 3.51. The van der Waals surface area contributed by atoms with Crippen LogP contribution in [0.25, 0.3) is 10.1 Å². The zero-order valence-electron chi connectivity index (χ0n) is 16.4. The van der Waals surface area contributed by atoms with Gasteiger partial charge in [-0.2, -0.15) is 0 Å². The van der Waals surface area contributed by atoms with E-state index < -0.39 is 0 Å². The van der Waals surface area contributed by atoms with Gasteiger partial charge in [0.05, 0.1) is 20.5 Å². The van der Waals surface area contributed by atoms with Gasteiger partial charge in [0, 0.05) is 55.9 Å². The van der Waals surface area contributed by atoms with E-state index in [0.29, 0.717) is 11.3 Å². The van der Waals surface area contributed by atoms with Crippen LogP contribution in [-0.2, 0) is 4.79 Å². The predicted molar refractivity (Wildman–Crippen MR) is 116 cm³/mol. The number of pyridine rings is 1. The zero-order chi connectivity index (χ0) is 19.0. The van der Waals surface area contributed by atoms with Crippen molar-refractivity contribution in [1.82, 2.24) is 14.8 Å². The fraction of sp³-hybridized carbons (Fsp3) is 0.600. The number of aromatic nitrogens is 1. The van der Waals surface area contributed by atoms with E-state index in [2.05, 4.69) is 38.1 Å². The fourth-order valence-electron chi connectivity index (χ4n) is 4.12. The van der Waals surface area contributed by atoms with Crippen molar-refractivity contribution in [3.8, 4) is 0 Å². The van der Waals surface area contributed by atoms with Gasteiger partial charge in [-0.3, -0.25) is 14.7 Å². The highest BCUT2D eigenvalue weighted by Gasteiger charge is 2.43. The number of amides is 1. The van der Waals surface area contributed by atoms with Crippen LogP contribution >= 0.6 is 23.1 Å². The molecule has 2 aliphatic heterocycles. The highest BCUT2D eigenvalue weighted by atomic mass is 32.2. The molecule has 1 atom stereocenters. The van der Waals surface area contributed by atoms with Gasteiger partial charge < -0.3 is 9.80 Å². The summed E-state index contributed by atoms with van der Waals surface area (Å²) < 4.78 is 1.00. The molecule has 27 heavy (non-hydrogen) atoms. The minimum absolute atomic E-state index is 0.260. The summed E-state index contributed by atoms with van der Waals surface area (Å²) >= 11 is 3.56. The third kappa shape index (κ3) is 3.82. The Morgan fingerprint density at radius 3 is 2.70 bits per heavy atom. The summed E-state index contributed by atoms with van der Waals surface area (Å²) in [7, 11) is 0. The van der Waals surface area contributed by atoms with Gasteiger partial charge in [-0.15, -0.1) is 23.1 Å². The van der Waals surface area contributed by atoms with Crippen LogP contribution in [0.4, 0.5) is 5.69 Å². The minimum Gasteiger partial charge on any atom is -0.368 e. The lowest BCUT2D eigenvalue weighted by Crippen LogP contribution is -2.47. The average molecular weight is 405 g/mol. The highest BCUT2D eigenvalue weighted by molar-refractivity contribution is 8.02. The van der Waals surface area contributed by atoms with Gasteiger partial charge >= 0.3 is 0 Å². The molecule has 0 spiro atoms. The van der Waals surface area contributed by atoms with Crippen molar-refractivity contribution in [2.75, 3.05) is 44.2 Å². The monoisotopic (exact) mass is 404 g/mol. The van der Waals surface area contributed by atoms with E-state index in [4.69, 9.17) is 0 Å². The molecule has 0 aromatic carbocycles. The molecule has 2 fully saturated rings. The number of rotatable bonds is 5. The molecule has 2 saturated heterocycles. The first-order chi connectivity index (χ1) is 13.0. The summed E-state index contributed by atoms with van der Waals surface area (Å²) in [5.41, 5.74) is 1.35. The van der Waals surface area contributed by atoms with E-state index in [1.807, 2.05) is 26.2 Å². The van der Waals surface area contributed by atoms with Crippen molar-refractivity contribution in [3.63, 3.8) is 0 Å². The topological polar surface area (TPSA) is 39.7 Å². The second kappa shape index (κ2) is 7.60. The molecule has 2 aromatic rings. The van der Waals surface area contributed by atoms with Crippen molar-refractivity contribution in [2.24, 2.45) is 0 Å². The maximum absolute atomic E-state index is 12.5. The summed E-state index contributed by atoms with van der Waals surface area (Å²) in [5.74, 6) is 0.295. The Kier molecular flexibility index (Phi) is 5.36. The van der Waals surface area contributed by atoms with Gasteiger partial charge in [-0.25, -0.2) is 0 Å². The Morgan fingerprint density at radius 2 is 2.00 bits per heavy atom. The van der Waals surface area contributed by atoms with E-state index in [9.17, 15) is 4.79 Å².